The number of benzene rings is 2. The fourth-order valence-corrected chi connectivity index (χ4v) is 3.75. The molecule has 0 bridgehead atoms. The van der Waals surface area contributed by atoms with E-state index in [1.54, 1.807) is 31.1 Å². The van der Waals surface area contributed by atoms with Crippen LogP contribution in [0.2, 0.25) is 0 Å². The smallest absolute Gasteiger partial charge is 0.246 e. The number of nitrogens with zero attached hydrogens (tertiary/aromatic N) is 6. The third-order valence-electron chi connectivity index (χ3n) is 5.69. The third-order valence-corrected chi connectivity index (χ3v) is 5.69. The number of aromatic nitrogens is 4. The van der Waals surface area contributed by atoms with Crippen molar-refractivity contribution in [2.45, 2.75) is 13.5 Å². The Bertz CT molecular complexity index is 1120. The van der Waals surface area contributed by atoms with Crippen LogP contribution < -0.4 is 9.47 Å². The third kappa shape index (κ3) is 5.38. The molecule has 2 aromatic carbocycles. The molecule has 1 amide bonds. The summed E-state index contributed by atoms with van der Waals surface area (Å²) in [7, 11) is 3.19. The fraction of sp³-hybridized carbons (Fsp3) is 0.333. The number of carbonyl (C=O) groups is 1. The van der Waals surface area contributed by atoms with Crippen molar-refractivity contribution in [3.63, 3.8) is 0 Å². The second-order valence-corrected chi connectivity index (χ2v) is 7.89. The predicted molar refractivity (Wildman–Crippen MR) is 124 cm³/mol. The van der Waals surface area contributed by atoms with Crippen LogP contribution in [0.15, 0.2) is 48.5 Å². The summed E-state index contributed by atoms with van der Waals surface area (Å²) in [4.78, 5) is 16.8. The van der Waals surface area contributed by atoms with Gasteiger partial charge in [-0.15, -0.1) is 5.10 Å². The van der Waals surface area contributed by atoms with Crippen molar-refractivity contribution in [2.24, 2.45) is 0 Å². The second kappa shape index (κ2) is 10.3. The molecule has 0 N–H and O–H groups in total. The minimum atomic E-state index is -0.00563. The number of tetrazole rings is 1. The Labute approximate surface area is 193 Å². The van der Waals surface area contributed by atoms with E-state index in [1.807, 2.05) is 54.3 Å². The Morgan fingerprint density at radius 1 is 1.00 bits per heavy atom. The highest BCUT2D eigenvalue weighted by Gasteiger charge is 2.21. The first-order valence-electron chi connectivity index (χ1n) is 10.8. The van der Waals surface area contributed by atoms with Crippen LogP contribution in [0.4, 0.5) is 0 Å². The van der Waals surface area contributed by atoms with Crippen molar-refractivity contribution >= 4 is 12.0 Å². The Balaban J connectivity index is 1.32. The van der Waals surface area contributed by atoms with Gasteiger partial charge in [0.15, 0.2) is 17.3 Å². The first-order chi connectivity index (χ1) is 16.1. The maximum Gasteiger partial charge on any atom is 0.246 e. The molecule has 33 heavy (non-hydrogen) atoms. The predicted octanol–water partition coefficient (Wildman–Crippen LogP) is 2.35. The molecule has 0 spiro atoms. The minimum absolute atomic E-state index is 0.00563. The molecule has 4 rings (SSSR count). The Hall–Kier alpha value is -3.72. The van der Waals surface area contributed by atoms with Crippen molar-refractivity contribution in [1.29, 1.82) is 0 Å². The number of rotatable bonds is 7. The van der Waals surface area contributed by atoms with Gasteiger partial charge in [0.1, 0.15) is 0 Å². The van der Waals surface area contributed by atoms with Gasteiger partial charge in [-0.1, -0.05) is 23.8 Å². The van der Waals surface area contributed by atoms with E-state index < -0.39 is 0 Å². The van der Waals surface area contributed by atoms with Crippen LogP contribution in [0, 0.1) is 6.92 Å². The van der Waals surface area contributed by atoms with E-state index in [2.05, 4.69) is 20.4 Å². The van der Waals surface area contributed by atoms with Crippen LogP contribution in [0.5, 0.6) is 11.5 Å². The molecule has 0 saturated carbocycles. The number of hydrogen-bond acceptors (Lipinski definition) is 7. The summed E-state index contributed by atoms with van der Waals surface area (Å²) in [6, 6.07) is 13.7. The van der Waals surface area contributed by atoms with Crippen molar-refractivity contribution in [3.05, 3.63) is 65.5 Å². The SMILES string of the molecule is COc1ccc(/C=C\C(=O)N2CCN(Cc3nnnn3-c3ccc(C)cc3)CC2)cc1OC. The van der Waals surface area contributed by atoms with Crippen LogP contribution >= 0.6 is 0 Å². The number of aryl methyl sites for hydroxylation is 1. The Morgan fingerprint density at radius 3 is 2.42 bits per heavy atom. The van der Waals surface area contributed by atoms with Gasteiger partial charge in [-0.3, -0.25) is 9.69 Å². The van der Waals surface area contributed by atoms with Gasteiger partial charge in [-0.05, 0) is 53.3 Å². The van der Waals surface area contributed by atoms with Gasteiger partial charge in [0.2, 0.25) is 5.91 Å². The molecule has 1 aliphatic rings. The normalized spacial score (nSPS) is 14.6. The molecule has 1 aliphatic heterocycles. The maximum atomic E-state index is 12.7. The molecule has 0 radical (unpaired) electrons. The summed E-state index contributed by atoms with van der Waals surface area (Å²) in [6.07, 6.45) is 3.40. The quantitative estimate of drug-likeness (QED) is 0.513. The monoisotopic (exact) mass is 448 g/mol. The Kier molecular flexibility index (Phi) is 6.99. The standard InChI is InChI=1S/C24H28N6O3/c1-18-4-8-20(9-5-18)30-23(25-26-27-30)17-28-12-14-29(15-13-28)24(31)11-7-19-6-10-21(32-2)22(16-19)33-3/h4-11,16H,12-15,17H2,1-3H3/b11-7-. The number of carbonyl (C=O) groups excluding carboxylic acids is 1. The molecule has 9 nitrogen and oxygen atoms in total. The van der Waals surface area contributed by atoms with Gasteiger partial charge in [-0.2, -0.15) is 4.68 Å². The molecule has 1 aromatic heterocycles. The first kappa shape index (κ1) is 22.5. The lowest BCUT2D eigenvalue weighted by Crippen LogP contribution is -2.48. The van der Waals surface area contributed by atoms with E-state index in [1.165, 1.54) is 5.56 Å². The minimum Gasteiger partial charge on any atom is -0.493 e. The molecule has 1 fully saturated rings. The molecule has 0 unspecified atom stereocenters. The van der Waals surface area contributed by atoms with Gasteiger partial charge in [0.05, 0.1) is 26.5 Å². The zero-order chi connectivity index (χ0) is 23.2. The average Bonchev–Trinajstić information content (AvgIpc) is 3.31. The second-order valence-electron chi connectivity index (χ2n) is 7.89. The number of amides is 1. The number of methoxy groups -OCH3 is 2. The summed E-state index contributed by atoms with van der Waals surface area (Å²) in [5.41, 5.74) is 3.01. The molecule has 3 aromatic rings. The van der Waals surface area contributed by atoms with Crippen molar-refractivity contribution in [1.82, 2.24) is 30.0 Å². The van der Waals surface area contributed by atoms with Crippen molar-refractivity contribution in [2.75, 3.05) is 40.4 Å². The summed E-state index contributed by atoms with van der Waals surface area (Å²) in [5, 5.41) is 12.2. The zero-order valence-electron chi connectivity index (χ0n) is 19.1. The van der Waals surface area contributed by atoms with Crippen molar-refractivity contribution < 1.29 is 14.3 Å². The van der Waals surface area contributed by atoms with Crippen molar-refractivity contribution in [3.8, 4) is 17.2 Å². The van der Waals surface area contributed by atoms with Gasteiger partial charge >= 0.3 is 0 Å². The van der Waals surface area contributed by atoms with Crippen LogP contribution in [0.25, 0.3) is 11.8 Å². The van der Waals surface area contributed by atoms with Crippen LogP contribution in [0.1, 0.15) is 17.0 Å². The summed E-state index contributed by atoms with van der Waals surface area (Å²) in [6.45, 7) is 5.51. The van der Waals surface area contributed by atoms with Crippen LogP contribution in [-0.2, 0) is 11.3 Å². The largest absolute Gasteiger partial charge is 0.493 e. The Morgan fingerprint density at radius 2 is 1.73 bits per heavy atom. The van der Waals surface area contributed by atoms with E-state index in [-0.39, 0.29) is 5.91 Å². The molecule has 1 saturated heterocycles. The molecule has 9 heteroatoms. The lowest BCUT2D eigenvalue weighted by Gasteiger charge is -2.33. The number of ether oxygens (including phenoxy) is 2. The van der Waals surface area contributed by atoms with E-state index >= 15 is 0 Å². The lowest BCUT2D eigenvalue weighted by atomic mass is 10.2. The van der Waals surface area contributed by atoms with Gasteiger partial charge in [-0.25, -0.2) is 0 Å². The van der Waals surface area contributed by atoms with E-state index in [0.29, 0.717) is 31.1 Å². The molecule has 2 heterocycles. The topological polar surface area (TPSA) is 85.6 Å². The number of hydrogen-bond donors (Lipinski definition) is 0. The molecule has 0 aliphatic carbocycles. The van der Waals surface area contributed by atoms with Crippen LogP contribution in [0.3, 0.4) is 0 Å². The summed E-state index contributed by atoms with van der Waals surface area (Å²) >= 11 is 0. The lowest BCUT2D eigenvalue weighted by molar-refractivity contribution is -0.127. The van der Waals surface area contributed by atoms with E-state index in [4.69, 9.17) is 9.47 Å². The molecular formula is C24H28N6O3. The highest BCUT2D eigenvalue weighted by molar-refractivity contribution is 5.92. The summed E-state index contributed by atoms with van der Waals surface area (Å²) < 4.78 is 12.3. The van der Waals surface area contributed by atoms with E-state index in [0.717, 1.165) is 30.2 Å². The molecule has 172 valence electrons. The van der Waals surface area contributed by atoms with Gasteiger partial charge in [0.25, 0.3) is 0 Å². The molecule has 0 atom stereocenters. The highest BCUT2D eigenvalue weighted by Crippen LogP contribution is 2.28. The number of piperazine rings is 1. The maximum absolute atomic E-state index is 12.7. The van der Waals surface area contributed by atoms with Gasteiger partial charge in [0, 0.05) is 32.3 Å². The first-order valence-corrected chi connectivity index (χ1v) is 10.8. The summed E-state index contributed by atoms with van der Waals surface area (Å²) in [5.74, 6) is 2.07. The van der Waals surface area contributed by atoms with E-state index in [9.17, 15) is 4.79 Å². The van der Waals surface area contributed by atoms with Crippen LogP contribution in [-0.4, -0.2) is 76.3 Å². The zero-order valence-corrected chi connectivity index (χ0v) is 19.1. The molecular weight excluding hydrogens is 420 g/mol. The fourth-order valence-electron chi connectivity index (χ4n) is 3.75. The van der Waals surface area contributed by atoms with Gasteiger partial charge < -0.3 is 14.4 Å². The highest BCUT2D eigenvalue weighted by atomic mass is 16.5. The average molecular weight is 449 g/mol.